The molecule has 12 heteroatoms. The van der Waals surface area contributed by atoms with Crippen molar-refractivity contribution in [1.82, 2.24) is 29.6 Å². The zero-order chi connectivity index (χ0) is 27.3. The summed E-state index contributed by atoms with van der Waals surface area (Å²) in [6.07, 6.45) is 2.17. The molecule has 2 aromatic carbocycles. The molecule has 2 saturated heterocycles. The molecule has 0 radical (unpaired) electrons. The fraction of sp³-hybridized carbons (Fsp3) is 0.407. The molecule has 1 amide bonds. The van der Waals surface area contributed by atoms with Crippen LogP contribution in [0.3, 0.4) is 0 Å². The van der Waals surface area contributed by atoms with Crippen LogP contribution in [0.1, 0.15) is 24.0 Å². The fourth-order valence-electron chi connectivity index (χ4n) is 5.61. The number of aromatic amines is 1. The second kappa shape index (κ2) is 9.76. The zero-order valence-corrected chi connectivity index (χ0v) is 22.9. The molecule has 0 atom stereocenters. The predicted octanol–water partition coefficient (Wildman–Crippen LogP) is 1.76. The first-order chi connectivity index (χ1) is 18.7. The maximum absolute atomic E-state index is 13.5. The SMILES string of the molecule is Cc1ccc(S(=O)(=O)c2nnn3c2[nH]c(=O)c2ccc(N4CCN(CC(=O)N5CCCC5)CC4)cc23)c(C)c1. The molecular formula is C27H31N7O4S. The van der Waals surface area contributed by atoms with Gasteiger partial charge < -0.3 is 14.8 Å². The van der Waals surface area contributed by atoms with Gasteiger partial charge in [0.15, 0.2) is 5.65 Å². The molecule has 39 heavy (non-hydrogen) atoms. The molecule has 0 unspecified atom stereocenters. The highest BCUT2D eigenvalue weighted by Crippen LogP contribution is 2.27. The van der Waals surface area contributed by atoms with Gasteiger partial charge >= 0.3 is 0 Å². The summed E-state index contributed by atoms with van der Waals surface area (Å²) in [5.41, 5.74) is 2.55. The van der Waals surface area contributed by atoms with E-state index in [2.05, 4.69) is 25.1 Å². The molecular weight excluding hydrogens is 518 g/mol. The van der Waals surface area contributed by atoms with Crippen molar-refractivity contribution in [1.29, 1.82) is 0 Å². The van der Waals surface area contributed by atoms with E-state index < -0.39 is 15.4 Å². The number of anilines is 1. The molecule has 4 aromatic rings. The normalized spacial score (nSPS) is 17.0. The minimum Gasteiger partial charge on any atom is -0.369 e. The zero-order valence-electron chi connectivity index (χ0n) is 22.1. The van der Waals surface area contributed by atoms with Gasteiger partial charge in [0.05, 0.1) is 22.3 Å². The first-order valence-corrected chi connectivity index (χ1v) is 14.7. The number of H-pyrrole nitrogens is 1. The van der Waals surface area contributed by atoms with Crippen molar-refractivity contribution in [2.45, 2.75) is 36.6 Å². The minimum absolute atomic E-state index is 0.0369. The van der Waals surface area contributed by atoms with Crippen LogP contribution in [0.25, 0.3) is 16.6 Å². The molecule has 2 aliphatic heterocycles. The minimum atomic E-state index is -4.02. The van der Waals surface area contributed by atoms with Crippen LogP contribution in [0, 0.1) is 13.8 Å². The third kappa shape index (κ3) is 4.57. The average Bonchev–Trinajstić information content (AvgIpc) is 3.60. The van der Waals surface area contributed by atoms with Gasteiger partial charge in [-0.05, 0) is 56.5 Å². The first kappa shape index (κ1) is 25.5. The summed E-state index contributed by atoms with van der Waals surface area (Å²) in [5, 5.41) is 8.26. The van der Waals surface area contributed by atoms with E-state index >= 15 is 0 Å². The van der Waals surface area contributed by atoms with Crippen molar-refractivity contribution in [3.8, 4) is 0 Å². The van der Waals surface area contributed by atoms with E-state index in [0.29, 0.717) is 23.0 Å². The van der Waals surface area contributed by atoms with Crippen molar-refractivity contribution in [3.05, 3.63) is 57.9 Å². The molecule has 0 bridgehead atoms. The summed E-state index contributed by atoms with van der Waals surface area (Å²) in [6, 6.07) is 10.6. The number of carbonyl (C=O) groups is 1. The number of fused-ring (bicyclic) bond motifs is 3. The van der Waals surface area contributed by atoms with Gasteiger partial charge in [-0.3, -0.25) is 14.5 Å². The number of aromatic nitrogens is 4. The van der Waals surface area contributed by atoms with Crippen LogP contribution in [0.4, 0.5) is 5.69 Å². The maximum atomic E-state index is 13.5. The highest BCUT2D eigenvalue weighted by Gasteiger charge is 2.28. The van der Waals surface area contributed by atoms with E-state index in [1.165, 1.54) is 4.52 Å². The smallest absolute Gasteiger partial charge is 0.259 e. The van der Waals surface area contributed by atoms with Crippen molar-refractivity contribution >= 4 is 38.0 Å². The number of nitrogens with zero attached hydrogens (tertiary/aromatic N) is 6. The lowest BCUT2D eigenvalue weighted by Crippen LogP contribution is -2.49. The molecule has 0 aliphatic carbocycles. The van der Waals surface area contributed by atoms with Gasteiger partial charge in [-0.15, -0.1) is 5.10 Å². The van der Waals surface area contributed by atoms with Crippen LogP contribution in [0.5, 0.6) is 0 Å². The Labute approximate surface area is 225 Å². The Morgan fingerprint density at radius 3 is 2.44 bits per heavy atom. The second-order valence-corrected chi connectivity index (χ2v) is 12.3. The second-order valence-electron chi connectivity index (χ2n) is 10.4. The molecule has 0 spiro atoms. The van der Waals surface area contributed by atoms with Gasteiger partial charge in [0.2, 0.25) is 20.8 Å². The summed E-state index contributed by atoms with van der Waals surface area (Å²) in [7, 11) is -4.02. The lowest BCUT2D eigenvalue weighted by Gasteiger charge is -2.36. The predicted molar refractivity (Wildman–Crippen MR) is 147 cm³/mol. The molecule has 2 aliphatic rings. The van der Waals surface area contributed by atoms with Crippen LogP contribution in [0.15, 0.2) is 51.1 Å². The van der Waals surface area contributed by atoms with E-state index in [1.807, 2.05) is 24.0 Å². The maximum Gasteiger partial charge on any atom is 0.259 e. The summed E-state index contributed by atoms with van der Waals surface area (Å²) in [4.78, 5) is 34.7. The van der Waals surface area contributed by atoms with E-state index in [4.69, 9.17) is 0 Å². The average molecular weight is 550 g/mol. The van der Waals surface area contributed by atoms with Crippen molar-refractivity contribution in [3.63, 3.8) is 0 Å². The number of hydrogen-bond donors (Lipinski definition) is 1. The van der Waals surface area contributed by atoms with Gasteiger partial charge in [0.1, 0.15) is 0 Å². The summed E-state index contributed by atoms with van der Waals surface area (Å²) in [6.45, 7) is 8.76. The Morgan fingerprint density at radius 1 is 0.974 bits per heavy atom. The van der Waals surface area contributed by atoms with Gasteiger partial charge in [0.25, 0.3) is 5.56 Å². The number of aryl methyl sites for hydroxylation is 2. The number of benzene rings is 2. The summed E-state index contributed by atoms with van der Waals surface area (Å²) >= 11 is 0. The largest absolute Gasteiger partial charge is 0.369 e. The number of hydrogen-bond acceptors (Lipinski definition) is 8. The van der Waals surface area contributed by atoms with E-state index in [9.17, 15) is 18.0 Å². The van der Waals surface area contributed by atoms with Gasteiger partial charge in [-0.1, -0.05) is 22.9 Å². The standard InChI is InChI=1S/C27H31N7O4S/c1-18-5-8-23(19(2)15-18)39(37,38)27-25-28-26(36)21-7-6-20(16-22(21)34(25)30-29-27)32-13-11-31(12-14-32)17-24(35)33-9-3-4-10-33/h5-8,15-16H,3-4,9-14,17H2,1-2H3,(H,28,36). The topological polar surface area (TPSA) is 124 Å². The van der Waals surface area contributed by atoms with Gasteiger partial charge in [-0.25, -0.2) is 8.42 Å². The Morgan fingerprint density at radius 2 is 1.72 bits per heavy atom. The Balaban J connectivity index is 1.29. The summed E-state index contributed by atoms with van der Waals surface area (Å²) < 4.78 is 28.4. The molecule has 2 fully saturated rings. The third-order valence-corrected chi connectivity index (χ3v) is 9.58. The number of carbonyl (C=O) groups excluding carboxylic acids is 1. The monoisotopic (exact) mass is 549 g/mol. The number of rotatable bonds is 5. The lowest BCUT2D eigenvalue weighted by atomic mass is 10.2. The highest BCUT2D eigenvalue weighted by molar-refractivity contribution is 7.91. The lowest BCUT2D eigenvalue weighted by molar-refractivity contribution is -0.131. The van der Waals surface area contributed by atoms with Crippen LogP contribution in [-0.2, 0) is 14.6 Å². The van der Waals surface area contributed by atoms with E-state index in [1.54, 1.807) is 31.2 Å². The third-order valence-electron chi connectivity index (χ3n) is 7.75. The number of amides is 1. The van der Waals surface area contributed by atoms with Crippen LogP contribution >= 0.6 is 0 Å². The van der Waals surface area contributed by atoms with Crippen LogP contribution < -0.4 is 10.5 Å². The quantitative estimate of drug-likeness (QED) is 0.400. The molecule has 2 aromatic heterocycles. The van der Waals surface area contributed by atoms with Gasteiger partial charge in [0, 0.05) is 45.0 Å². The Kier molecular flexibility index (Phi) is 6.38. The Bertz CT molecular complexity index is 1750. The number of nitrogens with one attached hydrogen (secondary N) is 1. The summed E-state index contributed by atoms with van der Waals surface area (Å²) in [5.74, 6) is 0.200. The van der Waals surface area contributed by atoms with Crippen molar-refractivity contribution in [2.75, 3.05) is 50.7 Å². The molecule has 4 heterocycles. The molecule has 1 N–H and O–H groups in total. The highest BCUT2D eigenvalue weighted by atomic mass is 32.2. The molecule has 6 rings (SSSR count). The molecule has 11 nitrogen and oxygen atoms in total. The van der Waals surface area contributed by atoms with Gasteiger partial charge in [-0.2, -0.15) is 4.52 Å². The number of likely N-dealkylation sites (tertiary alicyclic amines) is 1. The first-order valence-electron chi connectivity index (χ1n) is 13.2. The fourth-order valence-corrected chi connectivity index (χ4v) is 7.08. The number of sulfone groups is 1. The van der Waals surface area contributed by atoms with Crippen molar-refractivity contribution in [2.24, 2.45) is 0 Å². The Hall–Kier alpha value is -3.77. The van der Waals surface area contributed by atoms with E-state index in [-0.39, 0.29) is 21.5 Å². The molecule has 0 saturated carbocycles. The van der Waals surface area contributed by atoms with Crippen molar-refractivity contribution < 1.29 is 13.2 Å². The van der Waals surface area contributed by atoms with E-state index in [0.717, 1.165) is 63.4 Å². The van der Waals surface area contributed by atoms with Crippen LogP contribution in [-0.4, -0.2) is 89.7 Å². The molecule has 204 valence electrons. The van der Waals surface area contributed by atoms with Crippen LogP contribution in [0.2, 0.25) is 0 Å². The number of piperazine rings is 1.